The Morgan fingerprint density at radius 1 is 1.32 bits per heavy atom. The summed E-state index contributed by atoms with van der Waals surface area (Å²) < 4.78 is 5.15. The first-order valence-electron chi connectivity index (χ1n) is 6.86. The van der Waals surface area contributed by atoms with Gasteiger partial charge in [-0.3, -0.25) is 9.69 Å². The number of carbonyl (C=O) groups is 1. The first-order valence-corrected chi connectivity index (χ1v) is 7.85. The lowest BCUT2D eigenvalue weighted by atomic mass is 10.1. The zero-order chi connectivity index (χ0) is 15.4. The summed E-state index contributed by atoms with van der Waals surface area (Å²) in [5.41, 5.74) is 2.27. The SMILES string of the molecule is Cc1ccccc1CN1C(=O)CS/C1=N\N=C\c1ccco1. The van der Waals surface area contributed by atoms with E-state index < -0.39 is 0 Å². The second-order valence-electron chi connectivity index (χ2n) is 4.84. The molecule has 1 aromatic heterocycles. The largest absolute Gasteiger partial charge is 0.463 e. The molecule has 1 fully saturated rings. The number of amidine groups is 1. The van der Waals surface area contributed by atoms with Crippen LogP contribution in [0.1, 0.15) is 16.9 Å². The van der Waals surface area contributed by atoms with Crippen LogP contribution in [0.4, 0.5) is 0 Å². The van der Waals surface area contributed by atoms with E-state index in [1.165, 1.54) is 18.0 Å². The van der Waals surface area contributed by atoms with Crippen LogP contribution < -0.4 is 0 Å². The van der Waals surface area contributed by atoms with Gasteiger partial charge >= 0.3 is 0 Å². The highest BCUT2D eigenvalue weighted by atomic mass is 32.2. The number of carbonyl (C=O) groups excluding carboxylic acids is 1. The molecule has 0 aliphatic carbocycles. The molecule has 0 atom stereocenters. The number of hydrogen-bond acceptors (Lipinski definition) is 5. The number of thioether (sulfide) groups is 1. The van der Waals surface area contributed by atoms with Gasteiger partial charge in [-0.05, 0) is 30.2 Å². The average Bonchev–Trinajstić information content (AvgIpc) is 3.14. The molecule has 2 aromatic rings. The maximum absolute atomic E-state index is 12.0. The Balaban J connectivity index is 1.76. The average molecular weight is 313 g/mol. The molecule has 0 unspecified atom stereocenters. The van der Waals surface area contributed by atoms with Crippen molar-refractivity contribution in [1.29, 1.82) is 0 Å². The fourth-order valence-corrected chi connectivity index (χ4v) is 2.92. The van der Waals surface area contributed by atoms with E-state index in [4.69, 9.17) is 4.42 Å². The van der Waals surface area contributed by atoms with E-state index in [-0.39, 0.29) is 5.91 Å². The molecule has 1 aromatic carbocycles. The third-order valence-corrected chi connectivity index (χ3v) is 4.27. The van der Waals surface area contributed by atoms with Crippen molar-refractivity contribution in [3.8, 4) is 0 Å². The Labute approximate surface area is 132 Å². The molecule has 0 spiro atoms. The Kier molecular flexibility index (Phi) is 4.39. The van der Waals surface area contributed by atoms with Crippen molar-refractivity contribution in [3.05, 3.63) is 59.5 Å². The first-order chi connectivity index (χ1) is 10.7. The Hall–Kier alpha value is -2.34. The summed E-state index contributed by atoms with van der Waals surface area (Å²) in [6.45, 7) is 2.56. The van der Waals surface area contributed by atoms with Crippen molar-refractivity contribution in [3.63, 3.8) is 0 Å². The van der Waals surface area contributed by atoms with Crippen LogP contribution >= 0.6 is 11.8 Å². The summed E-state index contributed by atoms with van der Waals surface area (Å²) in [6.07, 6.45) is 3.11. The zero-order valence-corrected chi connectivity index (χ0v) is 12.9. The van der Waals surface area contributed by atoms with E-state index >= 15 is 0 Å². The van der Waals surface area contributed by atoms with Gasteiger partial charge in [-0.15, -0.1) is 5.10 Å². The van der Waals surface area contributed by atoms with E-state index in [1.54, 1.807) is 23.3 Å². The highest BCUT2D eigenvalue weighted by Crippen LogP contribution is 2.23. The van der Waals surface area contributed by atoms with E-state index in [1.807, 2.05) is 31.2 Å². The third-order valence-electron chi connectivity index (χ3n) is 3.32. The molecular formula is C16H15N3O2S. The molecule has 1 aliphatic heterocycles. The minimum Gasteiger partial charge on any atom is -0.463 e. The molecule has 2 heterocycles. The van der Waals surface area contributed by atoms with Crippen LogP contribution in [0.5, 0.6) is 0 Å². The monoisotopic (exact) mass is 313 g/mol. The molecule has 6 heteroatoms. The molecule has 0 N–H and O–H groups in total. The van der Waals surface area contributed by atoms with Gasteiger partial charge in [0, 0.05) is 0 Å². The van der Waals surface area contributed by atoms with Gasteiger partial charge in [0.05, 0.1) is 24.8 Å². The quantitative estimate of drug-likeness (QED) is 0.644. The summed E-state index contributed by atoms with van der Waals surface area (Å²) in [7, 11) is 0. The van der Waals surface area contributed by atoms with E-state index in [0.717, 1.165) is 11.1 Å². The Morgan fingerprint density at radius 2 is 2.18 bits per heavy atom. The zero-order valence-electron chi connectivity index (χ0n) is 12.1. The van der Waals surface area contributed by atoms with Gasteiger partial charge < -0.3 is 4.42 Å². The van der Waals surface area contributed by atoms with Gasteiger partial charge in [0.2, 0.25) is 5.91 Å². The standard InChI is InChI=1S/C16H15N3O2S/c1-12-5-2-3-6-13(12)10-19-15(20)11-22-16(19)18-17-9-14-7-4-8-21-14/h2-9H,10-11H2,1H3/b17-9+,18-16-. The lowest BCUT2D eigenvalue weighted by Crippen LogP contribution is -2.29. The predicted octanol–water partition coefficient (Wildman–Crippen LogP) is 3.05. The highest BCUT2D eigenvalue weighted by Gasteiger charge is 2.28. The van der Waals surface area contributed by atoms with Crippen molar-refractivity contribution in [1.82, 2.24) is 4.90 Å². The van der Waals surface area contributed by atoms with Gasteiger partial charge in [0.25, 0.3) is 0 Å². The van der Waals surface area contributed by atoms with E-state index in [2.05, 4.69) is 10.2 Å². The van der Waals surface area contributed by atoms with Crippen molar-refractivity contribution in [2.75, 3.05) is 5.75 Å². The van der Waals surface area contributed by atoms with Crippen molar-refractivity contribution in [2.24, 2.45) is 10.2 Å². The number of benzene rings is 1. The lowest BCUT2D eigenvalue weighted by Gasteiger charge is -2.16. The highest BCUT2D eigenvalue weighted by molar-refractivity contribution is 8.15. The van der Waals surface area contributed by atoms with Crippen LogP contribution in [0, 0.1) is 6.92 Å². The molecular weight excluding hydrogens is 298 g/mol. The third kappa shape index (κ3) is 3.28. The molecule has 22 heavy (non-hydrogen) atoms. The lowest BCUT2D eigenvalue weighted by molar-refractivity contribution is -0.124. The molecule has 1 saturated heterocycles. The summed E-state index contributed by atoms with van der Waals surface area (Å²) in [4.78, 5) is 13.7. The topological polar surface area (TPSA) is 58.2 Å². The molecule has 1 aliphatic rings. The molecule has 112 valence electrons. The number of rotatable bonds is 4. The maximum Gasteiger partial charge on any atom is 0.239 e. The van der Waals surface area contributed by atoms with Crippen LogP contribution in [-0.4, -0.2) is 27.9 Å². The van der Waals surface area contributed by atoms with Crippen molar-refractivity contribution >= 4 is 29.1 Å². The minimum atomic E-state index is 0.0557. The fraction of sp³-hybridized carbons (Fsp3) is 0.188. The smallest absolute Gasteiger partial charge is 0.239 e. The molecule has 0 saturated carbocycles. The Morgan fingerprint density at radius 3 is 2.95 bits per heavy atom. The predicted molar refractivity (Wildman–Crippen MR) is 87.9 cm³/mol. The van der Waals surface area contributed by atoms with Crippen LogP contribution in [-0.2, 0) is 11.3 Å². The van der Waals surface area contributed by atoms with Crippen LogP contribution in [0.25, 0.3) is 0 Å². The normalized spacial score (nSPS) is 17.0. The molecule has 0 bridgehead atoms. The van der Waals surface area contributed by atoms with Gasteiger partial charge in [-0.2, -0.15) is 5.10 Å². The van der Waals surface area contributed by atoms with Gasteiger partial charge in [-0.25, -0.2) is 0 Å². The number of furan rings is 1. The maximum atomic E-state index is 12.0. The van der Waals surface area contributed by atoms with E-state index in [0.29, 0.717) is 23.2 Å². The van der Waals surface area contributed by atoms with Crippen LogP contribution in [0.15, 0.2) is 57.3 Å². The summed E-state index contributed by atoms with van der Waals surface area (Å²) in [5.74, 6) is 1.09. The molecule has 3 rings (SSSR count). The number of nitrogens with zero attached hydrogens (tertiary/aromatic N) is 3. The van der Waals surface area contributed by atoms with Gasteiger partial charge in [-0.1, -0.05) is 36.0 Å². The molecule has 0 radical (unpaired) electrons. The van der Waals surface area contributed by atoms with Crippen LogP contribution in [0.3, 0.4) is 0 Å². The number of amides is 1. The van der Waals surface area contributed by atoms with Crippen LogP contribution in [0.2, 0.25) is 0 Å². The fourth-order valence-electron chi connectivity index (χ4n) is 2.09. The van der Waals surface area contributed by atoms with E-state index in [9.17, 15) is 4.79 Å². The number of aryl methyl sites for hydroxylation is 1. The number of hydrogen-bond donors (Lipinski definition) is 0. The van der Waals surface area contributed by atoms with Crippen molar-refractivity contribution in [2.45, 2.75) is 13.5 Å². The van der Waals surface area contributed by atoms with Crippen molar-refractivity contribution < 1.29 is 9.21 Å². The van der Waals surface area contributed by atoms with Gasteiger partial charge in [0.15, 0.2) is 5.17 Å². The summed E-state index contributed by atoms with van der Waals surface area (Å²) in [5, 5.41) is 8.77. The minimum absolute atomic E-state index is 0.0557. The second-order valence-corrected chi connectivity index (χ2v) is 5.78. The summed E-state index contributed by atoms with van der Waals surface area (Å²) in [6, 6.07) is 11.6. The summed E-state index contributed by atoms with van der Waals surface area (Å²) >= 11 is 1.40. The molecule has 5 nitrogen and oxygen atoms in total. The Bertz CT molecular complexity index is 723. The first kappa shape index (κ1) is 14.6. The second kappa shape index (κ2) is 6.62. The van der Waals surface area contributed by atoms with Gasteiger partial charge in [0.1, 0.15) is 5.76 Å². The molecule has 1 amide bonds.